The topological polar surface area (TPSA) is 80.4 Å². The third-order valence-electron chi connectivity index (χ3n) is 1.16. The van der Waals surface area contributed by atoms with E-state index in [0.717, 1.165) is 0 Å². The number of rotatable bonds is 2. The van der Waals surface area contributed by atoms with E-state index in [0.29, 0.717) is 0 Å². The molecule has 1 aromatic carbocycles. The summed E-state index contributed by atoms with van der Waals surface area (Å²) in [6.07, 6.45) is 0. The molecule has 0 bridgehead atoms. The van der Waals surface area contributed by atoms with Crippen molar-refractivity contribution in [1.82, 2.24) is 0 Å². The van der Waals surface area contributed by atoms with E-state index in [9.17, 15) is 14.9 Å². The van der Waals surface area contributed by atoms with E-state index in [1.54, 1.807) is 0 Å². The Kier molecular flexibility index (Phi) is 1.55. The molecule has 68 valence electrons. The Hall–Kier alpha value is -1.62. The summed E-state index contributed by atoms with van der Waals surface area (Å²) in [5.41, 5.74) is -2.07. The number of hydrogen-bond acceptors (Lipinski definition) is 3. The summed E-state index contributed by atoms with van der Waals surface area (Å²) >= 11 is 5.43. The summed E-state index contributed by atoms with van der Waals surface area (Å²) in [6, 6.07) is -2.48. The molecule has 1 rings (SSSR count). The largest absolute Gasteiger partial charge is 0.477 e. The molecule has 0 saturated carbocycles. The van der Waals surface area contributed by atoms with E-state index in [1.807, 2.05) is 0 Å². The van der Waals surface area contributed by atoms with Gasteiger partial charge in [-0.05, 0) is 12.1 Å². The van der Waals surface area contributed by atoms with Crippen molar-refractivity contribution in [2.45, 2.75) is 0 Å². The third kappa shape index (κ3) is 1.94. The van der Waals surface area contributed by atoms with E-state index in [4.69, 9.17) is 20.8 Å². The van der Waals surface area contributed by atoms with Gasteiger partial charge in [-0.25, -0.2) is 4.79 Å². The van der Waals surface area contributed by atoms with Crippen molar-refractivity contribution >= 4 is 23.3 Å². The van der Waals surface area contributed by atoms with Crippen molar-refractivity contribution in [3.8, 4) is 0 Å². The van der Waals surface area contributed by atoms with E-state index >= 15 is 0 Å². The molecule has 13 heavy (non-hydrogen) atoms. The highest BCUT2D eigenvalue weighted by Crippen LogP contribution is 2.22. The van der Waals surface area contributed by atoms with Crippen LogP contribution in [0.3, 0.4) is 0 Å². The van der Waals surface area contributed by atoms with Gasteiger partial charge in [-0.2, -0.15) is 0 Å². The van der Waals surface area contributed by atoms with Gasteiger partial charge in [0.1, 0.15) is 5.56 Å². The number of benzene rings is 1. The fourth-order valence-electron chi connectivity index (χ4n) is 0.668. The number of nitrogens with zero attached hydrogens (tertiary/aromatic N) is 1. The Bertz CT molecular complexity index is 460. The fraction of sp³-hybridized carbons (Fsp3) is 0. The lowest BCUT2D eigenvalue weighted by Gasteiger charge is -1.97. The Balaban J connectivity index is 3.83. The first-order valence-corrected chi connectivity index (χ1v) is 3.33. The highest BCUT2D eigenvalue weighted by Gasteiger charge is 2.19. The maximum atomic E-state index is 10.7. The van der Waals surface area contributed by atoms with E-state index in [2.05, 4.69) is 0 Å². The van der Waals surface area contributed by atoms with Crippen LogP contribution < -0.4 is 0 Å². The highest BCUT2D eigenvalue weighted by atomic mass is 35.5. The molecule has 5 nitrogen and oxygen atoms in total. The number of halogens is 1. The normalized spacial score (nSPS) is 12.8. The fourth-order valence-corrected chi connectivity index (χ4v) is 0.810. The lowest BCUT2D eigenvalue weighted by Crippen LogP contribution is -2.02. The minimum Gasteiger partial charge on any atom is -0.477 e. The van der Waals surface area contributed by atoms with Gasteiger partial charge in [0.05, 0.1) is 9.04 Å². The zero-order valence-corrected chi connectivity index (χ0v) is 6.75. The van der Waals surface area contributed by atoms with Crippen molar-refractivity contribution < 1.29 is 18.9 Å². The zero-order valence-electron chi connectivity index (χ0n) is 9.00. The van der Waals surface area contributed by atoms with Crippen LogP contribution >= 0.6 is 11.6 Å². The molecule has 0 aliphatic rings. The summed E-state index contributed by atoms with van der Waals surface area (Å²) in [6.45, 7) is 0. The average Bonchev–Trinajstić information content (AvgIpc) is 2.18. The standard InChI is InChI=1S/C7H4ClNO4/c8-4-1-2-6(9(12)13)5(3-4)7(10)11/h1-3H,(H,10,11)/i1D,2D,3D. The van der Waals surface area contributed by atoms with Crippen LogP contribution in [0.25, 0.3) is 0 Å². The SMILES string of the molecule is [2H]c1c([2H])c([N+](=O)[O-])c(C(=O)O)c([2H])c1Cl. The number of nitro benzene ring substituents is 1. The van der Waals surface area contributed by atoms with Gasteiger partial charge in [-0.15, -0.1) is 0 Å². The molecule has 0 radical (unpaired) electrons. The molecule has 0 aliphatic heterocycles. The first kappa shape index (κ1) is 5.93. The van der Waals surface area contributed by atoms with Gasteiger partial charge in [0, 0.05) is 11.1 Å². The van der Waals surface area contributed by atoms with Crippen LogP contribution in [-0.4, -0.2) is 16.0 Å². The maximum absolute atomic E-state index is 10.7. The molecule has 1 aromatic rings. The second kappa shape index (κ2) is 3.40. The van der Waals surface area contributed by atoms with Gasteiger partial charge in [0.2, 0.25) is 0 Å². The lowest BCUT2D eigenvalue weighted by atomic mass is 10.2. The van der Waals surface area contributed by atoms with Crippen LogP contribution in [0.2, 0.25) is 5.02 Å². The molecule has 0 saturated heterocycles. The molecular weight excluding hydrogens is 198 g/mol. The predicted octanol–water partition coefficient (Wildman–Crippen LogP) is 1.95. The first-order valence-electron chi connectivity index (χ1n) is 4.46. The zero-order chi connectivity index (χ0) is 12.6. The van der Waals surface area contributed by atoms with E-state index < -0.39 is 45.3 Å². The van der Waals surface area contributed by atoms with E-state index in [-0.39, 0.29) is 0 Å². The Morgan fingerprint density at radius 3 is 2.77 bits per heavy atom. The molecule has 0 spiro atoms. The van der Waals surface area contributed by atoms with Crippen molar-refractivity contribution in [2.24, 2.45) is 0 Å². The Morgan fingerprint density at radius 1 is 1.69 bits per heavy atom. The molecule has 0 fully saturated rings. The predicted molar refractivity (Wildman–Crippen MR) is 45.1 cm³/mol. The summed E-state index contributed by atoms with van der Waals surface area (Å²) in [7, 11) is 0. The van der Waals surface area contributed by atoms with Gasteiger partial charge in [-0.1, -0.05) is 11.6 Å². The summed E-state index contributed by atoms with van der Waals surface area (Å²) in [5.74, 6) is -1.73. The summed E-state index contributed by atoms with van der Waals surface area (Å²) in [4.78, 5) is 20.2. The van der Waals surface area contributed by atoms with Gasteiger partial charge in [-0.3, -0.25) is 10.1 Å². The van der Waals surface area contributed by atoms with Crippen LogP contribution in [0.5, 0.6) is 0 Å². The van der Waals surface area contributed by atoms with Crippen LogP contribution in [0.15, 0.2) is 18.1 Å². The van der Waals surface area contributed by atoms with Crippen LogP contribution in [0.4, 0.5) is 5.69 Å². The number of hydrogen-bond donors (Lipinski definition) is 1. The van der Waals surface area contributed by atoms with Crippen LogP contribution in [-0.2, 0) is 0 Å². The molecule has 0 aromatic heterocycles. The van der Waals surface area contributed by atoms with Crippen molar-refractivity contribution in [3.05, 3.63) is 38.8 Å². The third-order valence-corrected chi connectivity index (χ3v) is 1.35. The number of aromatic carboxylic acids is 1. The minimum absolute atomic E-state index is 0.590. The minimum atomic E-state index is -1.73. The molecule has 0 unspecified atom stereocenters. The number of nitro groups is 1. The monoisotopic (exact) mass is 204 g/mol. The molecule has 0 amide bonds. The van der Waals surface area contributed by atoms with Gasteiger partial charge in [0.15, 0.2) is 0 Å². The lowest BCUT2D eigenvalue weighted by molar-refractivity contribution is -0.385. The van der Waals surface area contributed by atoms with Crippen LogP contribution in [0.1, 0.15) is 14.5 Å². The highest BCUT2D eigenvalue weighted by molar-refractivity contribution is 6.31. The quantitative estimate of drug-likeness (QED) is 0.590. The number of carboxylic acid groups (broad SMARTS) is 1. The number of carbonyl (C=O) groups is 1. The first-order chi connectivity index (χ1) is 7.29. The second-order valence-electron chi connectivity index (χ2n) is 1.97. The van der Waals surface area contributed by atoms with Crippen molar-refractivity contribution in [1.29, 1.82) is 0 Å². The molecule has 0 heterocycles. The second-order valence-corrected chi connectivity index (χ2v) is 2.35. The van der Waals surface area contributed by atoms with Crippen LogP contribution in [0, 0.1) is 10.1 Å². The van der Waals surface area contributed by atoms with Gasteiger partial charge < -0.3 is 5.11 Å². The van der Waals surface area contributed by atoms with Gasteiger partial charge >= 0.3 is 5.97 Å². The summed E-state index contributed by atoms with van der Waals surface area (Å²) in [5, 5.41) is 18.7. The summed E-state index contributed by atoms with van der Waals surface area (Å²) < 4.78 is 21.7. The Labute approximate surface area is 81.9 Å². The maximum Gasteiger partial charge on any atom is 0.342 e. The van der Waals surface area contributed by atoms with Gasteiger partial charge in [0.25, 0.3) is 5.69 Å². The smallest absolute Gasteiger partial charge is 0.342 e. The molecule has 0 atom stereocenters. The van der Waals surface area contributed by atoms with Crippen molar-refractivity contribution in [3.63, 3.8) is 0 Å². The molecule has 0 aliphatic carbocycles. The number of carboxylic acids is 1. The van der Waals surface area contributed by atoms with Crippen molar-refractivity contribution in [2.75, 3.05) is 0 Å². The average molecular weight is 205 g/mol. The molecule has 1 N–H and O–H groups in total. The molecular formula is C7H4ClNO4. The Morgan fingerprint density at radius 2 is 2.31 bits per heavy atom. The van der Waals surface area contributed by atoms with E-state index in [1.165, 1.54) is 0 Å². The molecule has 6 heteroatoms.